The third kappa shape index (κ3) is 2.19. The van der Waals surface area contributed by atoms with Crippen molar-refractivity contribution in [3.63, 3.8) is 0 Å². The molecule has 0 aliphatic heterocycles. The second-order valence-corrected chi connectivity index (χ2v) is 2.91. The van der Waals surface area contributed by atoms with Crippen molar-refractivity contribution in [3.05, 3.63) is 30.3 Å². The predicted octanol–water partition coefficient (Wildman–Crippen LogP) is 2.32. The van der Waals surface area contributed by atoms with Crippen LogP contribution in [0.3, 0.4) is 0 Å². The number of nitrogen functional groups attached to an aromatic ring is 1. The zero-order chi connectivity index (χ0) is 10.6. The molecule has 1 rings (SSSR count). The zero-order valence-corrected chi connectivity index (χ0v) is 8.63. The van der Waals surface area contributed by atoms with Gasteiger partial charge in [0.25, 0.3) is 0 Å². The van der Waals surface area contributed by atoms with E-state index in [-0.39, 0.29) is 0 Å². The number of nitrogens with one attached hydrogen (secondary N) is 1. The number of rotatable bonds is 4. The maximum Gasteiger partial charge on any atom is 0.119 e. The molecule has 1 aromatic carbocycles. The van der Waals surface area contributed by atoms with Crippen LogP contribution in [0.5, 0.6) is 0 Å². The van der Waals surface area contributed by atoms with Gasteiger partial charge in [-0.25, -0.2) is 0 Å². The lowest BCUT2D eigenvalue weighted by Crippen LogP contribution is -1.97. The third-order valence-corrected chi connectivity index (χ3v) is 1.96. The molecular formula is C11H16N2O. The van der Waals surface area contributed by atoms with Crippen molar-refractivity contribution in [3.8, 4) is 0 Å². The Morgan fingerprint density at radius 3 is 2.79 bits per heavy atom. The lowest BCUT2D eigenvalue weighted by molar-refractivity contribution is 0.299. The summed E-state index contributed by atoms with van der Waals surface area (Å²) in [7, 11) is 1.84. The Hall–Kier alpha value is -1.64. The largest absolute Gasteiger partial charge is 0.494 e. The molecule has 0 aliphatic carbocycles. The fourth-order valence-corrected chi connectivity index (χ4v) is 1.22. The van der Waals surface area contributed by atoms with E-state index < -0.39 is 0 Å². The van der Waals surface area contributed by atoms with Crippen LogP contribution < -0.4 is 11.1 Å². The van der Waals surface area contributed by atoms with Gasteiger partial charge in [0.05, 0.1) is 18.0 Å². The van der Waals surface area contributed by atoms with Gasteiger partial charge in [-0.3, -0.25) is 0 Å². The van der Waals surface area contributed by atoms with E-state index >= 15 is 0 Å². The van der Waals surface area contributed by atoms with Crippen LogP contribution in [0.2, 0.25) is 0 Å². The van der Waals surface area contributed by atoms with E-state index in [0.29, 0.717) is 18.1 Å². The predicted molar refractivity (Wildman–Crippen MR) is 61.1 cm³/mol. The molecule has 3 N–H and O–H groups in total. The molecule has 3 heteroatoms. The van der Waals surface area contributed by atoms with Crippen LogP contribution in [0.15, 0.2) is 24.8 Å². The minimum Gasteiger partial charge on any atom is -0.494 e. The summed E-state index contributed by atoms with van der Waals surface area (Å²) in [4.78, 5) is 0. The zero-order valence-electron chi connectivity index (χ0n) is 8.63. The molecule has 0 saturated heterocycles. The van der Waals surface area contributed by atoms with Gasteiger partial charge in [-0.05, 0) is 25.1 Å². The van der Waals surface area contributed by atoms with E-state index in [1.165, 1.54) is 0 Å². The van der Waals surface area contributed by atoms with Crippen molar-refractivity contribution in [2.24, 2.45) is 0 Å². The van der Waals surface area contributed by atoms with Crippen molar-refractivity contribution in [1.29, 1.82) is 0 Å². The van der Waals surface area contributed by atoms with Crippen molar-refractivity contribution < 1.29 is 4.74 Å². The molecule has 0 saturated carbocycles. The number of hydrogen-bond donors (Lipinski definition) is 2. The molecule has 0 atom stereocenters. The molecule has 76 valence electrons. The smallest absolute Gasteiger partial charge is 0.119 e. The average Bonchev–Trinajstić information content (AvgIpc) is 2.18. The van der Waals surface area contributed by atoms with E-state index in [4.69, 9.17) is 10.5 Å². The van der Waals surface area contributed by atoms with Gasteiger partial charge in [-0.15, -0.1) is 0 Å². The van der Waals surface area contributed by atoms with E-state index in [1.807, 2.05) is 32.2 Å². The maximum atomic E-state index is 5.81. The molecule has 0 radical (unpaired) electrons. The Morgan fingerprint density at radius 2 is 2.29 bits per heavy atom. The highest BCUT2D eigenvalue weighted by Crippen LogP contribution is 2.23. The molecule has 0 unspecified atom stereocenters. The number of nitrogens with two attached hydrogens (primary N) is 1. The van der Waals surface area contributed by atoms with Crippen LogP contribution in [0, 0.1) is 0 Å². The normalized spacial score (nSPS) is 9.57. The highest BCUT2D eigenvalue weighted by atomic mass is 16.5. The standard InChI is InChI=1S/C11H16N2O/c1-4-14-8(2)9-5-6-11(13-3)10(12)7-9/h5-7,13H,2,4,12H2,1,3H3. The summed E-state index contributed by atoms with van der Waals surface area (Å²) in [6.07, 6.45) is 0. The molecule has 0 amide bonds. The van der Waals surface area contributed by atoms with Gasteiger partial charge in [0.2, 0.25) is 0 Å². The lowest BCUT2D eigenvalue weighted by Gasteiger charge is -2.10. The molecular weight excluding hydrogens is 176 g/mol. The number of benzene rings is 1. The minimum absolute atomic E-state index is 0.618. The first-order valence-corrected chi connectivity index (χ1v) is 4.58. The van der Waals surface area contributed by atoms with Crippen LogP contribution in [-0.2, 0) is 4.74 Å². The van der Waals surface area contributed by atoms with Gasteiger partial charge >= 0.3 is 0 Å². The van der Waals surface area contributed by atoms with Crippen molar-refractivity contribution in [2.75, 3.05) is 24.7 Å². The number of hydrogen-bond acceptors (Lipinski definition) is 3. The summed E-state index contributed by atoms with van der Waals surface area (Å²) in [5.41, 5.74) is 8.34. The quantitative estimate of drug-likeness (QED) is 0.568. The topological polar surface area (TPSA) is 47.3 Å². The first-order valence-electron chi connectivity index (χ1n) is 4.58. The molecule has 3 nitrogen and oxygen atoms in total. The Kier molecular flexibility index (Phi) is 3.40. The first kappa shape index (κ1) is 10.4. The number of anilines is 2. The van der Waals surface area contributed by atoms with E-state index in [9.17, 15) is 0 Å². The highest BCUT2D eigenvalue weighted by molar-refractivity contribution is 5.72. The summed E-state index contributed by atoms with van der Waals surface area (Å²) in [6.45, 7) is 6.36. The molecule has 0 fully saturated rings. The van der Waals surface area contributed by atoms with Crippen LogP contribution >= 0.6 is 0 Å². The maximum absolute atomic E-state index is 5.81. The van der Waals surface area contributed by atoms with Gasteiger partial charge in [0, 0.05) is 12.6 Å². The molecule has 0 aromatic heterocycles. The molecule has 0 heterocycles. The highest BCUT2D eigenvalue weighted by Gasteiger charge is 2.02. The van der Waals surface area contributed by atoms with Crippen LogP contribution in [0.25, 0.3) is 5.76 Å². The SMILES string of the molecule is C=C(OCC)c1ccc(NC)c(N)c1. The second kappa shape index (κ2) is 4.56. The monoisotopic (exact) mass is 192 g/mol. The summed E-state index contributed by atoms with van der Waals surface area (Å²) in [6, 6.07) is 5.69. The lowest BCUT2D eigenvalue weighted by atomic mass is 10.1. The van der Waals surface area contributed by atoms with Gasteiger partial charge < -0.3 is 15.8 Å². The van der Waals surface area contributed by atoms with Crippen LogP contribution in [0.1, 0.15) is 12.5 Å². The summed E-state index contributed by atoms with van der Waals surface area (Å²) in [5.74, 6) is 0.654. The van der Waals surface area contributed by atoms with Crippen molar-refractivity contribution in [2.45, 2.75) is 6.92 Å². The molecule has 0 bridgehead atoms. The number of ether oxygens (including phenoxy) is 1. The molecule has 0 spiro atoms. The van der Waals surface area contributed by atoms with E-state index in [1.54, 1.807) is 0 Å². The fourth-order valence-electron chi connectivity index (χ4n) is 1.22. The van der Waals surface area contributed by atoms with Crippen molar-refractivity contribution >= 4 is 17.1 Å². The van der Waals surface area contributed by atoms with Gasteiger partial charge in [0.1, 0.15) is 5.76 Å². The van der Waals surface area contributed by atoms with E-state index in [2.05, 4.69) is 11.9 Å². The molecule has 1 aromatic rings. The summed E-state index contributed by atoms with van der Waals surface area (Å²) in [5, 5.41) is 3.00. The Bertz CT molecular complexity index is 334. The van der Waals surface area contributed by atoms with Gasteiger partial charge in [-0.2, -0.15) is 0 Å². The Morgan fingerprint density at radius 1 is 1.57 bits per heavy atom. The van der Waals surface area contributed by atoms with Crippen LogP contribution in [-0.4, -0.2) is 13.7 Å². The van der Waals surface area contributed by atoms with Gasteiger partial charge in [0.15, 0.2) is 0 Å². The average molecular weight is 192 g/mol. The summed E-state index contributed by atoms with van der Waals surface area (Å²) >= 11 is 0. The minimum atomic E-state index is 0.618. The van der Waals surface area contributed by atoms with E-state index in [0.717, 1.165) is 11.3 Å². The Labute approximate surface area is 84.6 Å². The second-order valence-electron chi connectivity index (χ2n) is 2.91. The van der Waals surface area contributed by atoms with Gasteiger partial charge in [-0.1, -0.05) is 6.58 Å². The molecule has 14 heavy (non-hydrogen) atoms. The van der Waals surface area contributed by atoms with Crippen molar-refractivity contribution in [1.82, 2.24) is 0 Å². The summed E-state index contributed by atoms with van der Waals surface area (Å²) < 4.78 is 5.29. The van der Waals surface area contributed by atoms with Crippen LogP contribution in [0.4, 0.5) is 11.4 Å². The molecule has 0 aliphatic rings. The Balaban J connectivity index is 2.91. The fraction of sp³-hybridized carbons (Fsp3) is 0.273. The first-order chi connectivity index (χ1) is 6.69. The third-order valence-electron chi connectivity index (χ3n) is 1.96.